The van der Waals surface area contributed by atoms with Gasteiger partial charge in [0.15, 0.2) is 5.82 Å². The molecule has 0 spiro atoms. The summed E-state index contributed by atoms with van der Waals surface area (Å²) in [6.45, 7) is 4.46. The Kier molecular flexibility index (Phi) is 4.45. The number of urea groups is 1. The van der Waals surface area contributed by atoms with Gasteiger partial charge < -0.3 is 15.6 Å². The molecule has 0 saturated carbocycles. The number of nitrogens with one attached hydrogen (secondary N) is 3. The predicted octanol–water partition coefficient (Wildman–Crippen LogP) is 1.60. The molecule has 0 radical (unpaired) electrons. The Hall–Kier alpha value is -2.90. The molecule has 8 nitrogen and oxygen atoms in total. The van der Waals surface area contributed by atoms with Gasteiger partial charge in [-0.15, -0.1) is 5.10 Å². The smallest absolute Gasteiger partial charge is 0.315 e. The van der Waals surface area contributed by atoms with Crippen molar-refractivity contribution < 1.29 is 4.79 Å². The topological polar surface area (TPSA) is 101 Å². The minimum absolute atomic E-state index is 0.235. The Labute approximate surface area is 139 Å². The number of nitrogens with zero attached hydrogens (tertiary/aromatic N) is 4. The second-order valence-corrected chi connectivity index (χ2v) is 5.90. The fourth-order valence-corrected chi connectivity index (χ4v) is 2.73. The van der Waals surface area contributed by atoms with Crippen LogP contribution in [0.4, 0.5) is 4.79 Å². The van der Waals surface area contributed by atoms with Gasteiger partial charge >= 0.3 is 6.03 Å². The van der Waals surface area contributed by atoms with E-state index in [1.54, 1.807) is 11.7 Å². The summed E-state index contributed by atoms with van der Waals surface area (Å²) in [5.74, 6) is 0.608. The highest BCUT2D eigenvalue weighted by Gasteiger charge is 2.14. The molecule has 2 heterocycles. The van der Waals surface area contributed by atoms with Gasteiger partial charge in [-0.3, -0.25) is 0 Å². The quantitative estimate of drug-likeness (QED) is 0.662. The molecule has 3 aromatic rings. The van der Waals surface area contributed by atoms with Gasteiger partial charge in [-0.25, -0.2) is 9.48 Å². The summed E-state index contributed by atoms with van der Waals surface area (Å²) in [7, 11) is 1.74. The number of carbonyl (C=O) groups excluding carboxylic acids is 1. The van der Waals surface area contributed by atoms with E-state index in [0.717, 1.165) is 11.9 Å². The van der Waals surface area contributed by atoms with Crippen LogP contribution in [-0.2, 0) is 13.5 Å². The van der Waals surface area contributed by atoms with Crippen LogP contribution in [0.1, 0.15) is 29.9 Å². The third-order valence-corrected chi connectivity index (χ3v) is 3.99. The van der Waals surface area contributed by atoms with Crippen LogP contribution in [0.25, 0.3) is 10.9 Å². The molecule has 2 aromatic heterocycles. The van der Waals surface area contributed by atoms with Crippen molar-refractivity contribution in [2.24, 2.45) is 7.05 Å². The monoisotopic (exact) mass is 327 g/mol. The number of hydrogen-bond acceptors (Lipinski definition) is 4. The molecular weight excluding hydrogens is 306 g/mol. The van der Waals surface area contributed by atoms with Gasteiger partial charge in [0.25, 0.3) is 0 Å². The zero-order valence-electron chi connectivity index (χ0n) is 14.0. The third kappa shape index (κ3) is 3.37. The molecule has 8 heteroatoms. The van der Waals surface area contributed by atoms with Crippen LogP contribution in [0, 0.1) is 6.92 Å². The number of aromatic nitrogens is 5. The second kappa shape index (κ2) is 6.69. The van der Waals surface area contributed by atoms with Crippen molar-refractivity contribution in [3.63, 3.8) is 0 Å². The number of benzene rings is 1. The summed E-state index contributed by atoms with van der Waals surface area (Å²) in [6.07, 6.45) is 2.76. The number of aromatic amines is 1. The third-order valence-electron chi connectivity index (χ3n) is 3.99. The SMILES string of the molecule is Cc1ccc2c(CCNC(=O)N[C@H](C)c3nnnn3C)c[nH]c2c1. The first kappa shape index (κ1) is 16.0. The normalized spacial score (nSPS) is 12.3. The summed E-state index contributed by atoms with van der Waals surface area (Å²) in [5.41, 5.74) is 3.54. The molecule has 0 aliphatic carbocycles. The molecule has 126 valence electrons. The number of amides is 2. The molecule has 0 aliphatic heterocycles. The summed E-state index contributed by atoms with van der Waals surface area (Å²) in [5, 5.41) is 18.1. The Balaban J connectivity index is 1.52. The Bertz CT molecular complexity index is 851. The largest absolute Gasteiger partial charge is 0.361 e. The van der Waals surface area contributed by atoms with Crippen molar-refractivity contribution >= 4 is 16.9 Å². The number of H-pyrrole nitrogens is 1. The summed E-state index contributed by atoms with van der Waals surface area (Å²) < 4.78 is 1.54. The van der Waals surface area contributed by atoms with E-state index < -0.39 is 0 Å². The molecule has 3 N–H and O–H groups in total. The van der Waals surface area contributed by atoms with Gasteiger partial charge in [0.1, 0.15) is 0 Å². The zero-order valence-corrected chi connectivity index (χ0v) is 14.0. The van der Waals surface area contributed by atoms with Crippen molar-refractivity contribution in [1.82, 2.24) is 35.8 Å². The van der Waals surface area contributed by atoms with Crippen LogP contribution in [0.5, 0.6) is 0 Å². The number of fused-ring (bicyclic) bond motifs is 1. The first-order valence-corrected chi connectivity index (χ1v) is 7.88. The Morgan fingerprint density at radius 1 is 1.42 bits per heavy atom. The lowest BCUT2D eigenvalue weighted by molar-refractivity contribution is 0.237. The molecule has 0 saturated heterocycles. The van der Waals surface area contributed by atoms with Crippen molar-refractivity contribution in [2.75, 3.05) is 6.54 Å². The summed E-state index contributed by atoms with van der Waals surface area (Å²) in [6, 6.07) is 5.83. The van der Waals surface area contributed by atoms with Crippen molar-refractivity contribution in [2.45, 2.75) is 26.3 Å². The summed E-state index contributed by atoms with van der Waals surface area (Å²) >= 11 is 0. The summed E-state index contributed by atoms with van der Waals surface area (Å²) in [4.78, 5) is 15.3. The van der Waals surface area contributed by atoms with Crippen molar-refractivity contribution in [3.8, 4) is 0 Å². The lowest BCUT2D eigenvalue weighted by Crippen LogP contribution is -2.38. The van der Waals surface area contributed by atoms with E-state index in [-0.39, 0.29) is 12.1 Å². The minimum atomic E-state index is -0.263. The van der Waals surface area contributed by atoms with E-state index in [1.165, 1.54) is 16.5 Å². The van der Waals surface area contributed by atoms with E-state index in [4.69, 9.17) is 0 Å². The standard InChI is InChI=1S/C16H21N7O/c1-10-4-5-13-12(9-18-14(13)8-10)6-7-17-16(24)19-11(2)15-20-21-22-23(15)3/h4-5,8-9,11,18H,6-7H2,1-3H3,(H2,17,19,24)/t11-/m1/s1. The van der Waals surface area contributed by atoms with Crippen LogP contribution >= 0.6 is 0 Å². The van der Waals surface area contributed by atoms with Crippen LogP contribution in [0.3, 0.4) is 0 Å². The van der Waals surface area contributed by atoms with E-state index in [2.05, 4.69) is 56.3 Å². The first-order chi connectivity index (χ1) is 11.5. The van der Waals surface area contributed by atoms with Gasteiger partial charge in [0, 0.05) is 30.7 Å². The molecular formula is C16H21N7O. The highest BCUT2D eigenvalue weighted by Crippen LogP contribution is 2.19. The van der Waals surface area contributed by atoms with Gasteiger partial charge in [-0.05, 0) is 47.9 Å². The number of tetrazole rings is 1. The van der Waals surface area contributed by atoms with E-state index in [1.807, 2.05) is 13.1 Å². The van der Waals surface area contributed by atoms with E-state index in [0.29, 0.717) is 12.4 Å². The highest BCUT2D eigenvalue weighted by molar-refractivity contribution is 5.83. The molecule has 0 unspecified atom stereocenters. The minimum Gasteiger partial charge on any atom is -0.361 e. The molecule has 1 atom stereocenters. The van der Waals surface area contributed by atoms with Gasteiger partial charge in [-0.2, -0.15) is 0 Å². The Morgan fingerprint density at radius 3 is 3.00 bits per heavy atom. The average Bonchev–Trinajstić information content (AvgIpc) is 3.13. The fraction of sp³-hybridized carbons (Fsp3) is 0.375. The molecule has 24 heavy (non-hydrogen) atoms. The van der Waals surface area contributed by atoms with Crippen LogP contribution in [0.15, 0.2) is 24.4 Å². The van der Waals surface area contributed by atoms with E-state index in [9.17, 15) is 4.79 Å². The molecule has 0 aliphatic rings. The number of rotatable bonds is 5. The Morgan fingerprint density at radius 2 is 2.25 bits per heavy atom. The molecule has 0 bridgehead atoms. The molecule has 2 amide bonds. The van der Waals surface area contributed by atoms with Gasteiger partial charge in [-0.1, -0.05) is 12.1 Å². The number of hydrogen-bond donors (Lipinski definition) is 3. The number of aryl methyl sites for hydroxylation is 2. The fourth-order valence-electron chi connectivity index (χ4n) is 2.73. The second-order valence-electron chi connectivity index (χ2n) is 5.90. The maximum atomic E-state index is 12.0. The van der Waals surface area contributed by atoms with E-state index >= 15 is 0 Å². The highest BCUT2D eigenvalue weighted by atomic mass is 16.2. The van der Waals surface area contributed by atoms with Crippen LogP contribution < -0.4 is 10.6 Å². The maximum absolute atomic E-state index is 12.0. The van der Waals surface area contributed by atoms with Gasteiger partial charge in [0.2, 0.25) is 0 Å². The maximum Gasteiger partial charge on any atom is 0.315 e. The lowest BCUT2D eigenvalue weighted by atomic mass is 10.1. The van der Waals surface area contributed by atoms with Gasteiger partial charge in [0.05, 0.1) is 6.04 Å². The molecule has 1 aromatic carbocycles. The predicted molar refractivity (Wildman–Crippen MR) is 90.5 cm³/mol. The molecule has 3 rings (SSSR count). The lowest BCUT2D eigenvalue weighted by Gasteiger charge is -2.13. The number of carbonyl (C=O) groups is 1. The van der Waals surface area contributed by atoms with Crippen molar-refractivity contribution in [1.29, 1.82) is 0 Å². The van der Waals surface area contributed by atoms with Crippen molar-refractivity contribution in [3.05, 3.63) is 41.3 Å². The molecule has 0 fully saturated rings. The average molecular weight is 327 g/mol. The van der Waals surface area contributed by atoms with Crippen LogP contribution in [-0.4, -0.2) is 37.8 Å². The van der Waals surface area contributed by atoms with Crippen LogP contribution in [0.2, 0.25) is 0 Å². The first-order valence-electron chi connectivity index (χ1n) is 7.88. The zero-order chi connectivity index (χ0) is 17.1.